The molecule has 126 valence electrons. The first-order chi connectivity index (χ1) is 11.2. The Hall–Kier alpha value is -1.78. The van der Waals surface area contributed by atoms with E-state index in [1.165, 1.54) is 31.9 Å². The Kier molecular flexibility index (Phi) is 5.36. The maximum Gasteiger partial charge on any atom is 0.289 e. The van der Waals surface area contributed by atoms with Crippen molar-refractivity contribution < 1.29 is 14.0 Å². The smallest absolute Gasteiger partial charge is 0.289 e. The summed E-state index contributed by atoms with van der Waals surface area (Å²) in [6.45, 7) is 1.25. The second kappa shape index (κ2) is 7.66. The number of nitrogens with one attached hydrogen (secondary N) is 1. The van der Waals surface area contributed by atoms with Gasteiger partial charge in [0.25, 0.3) is 5.91 Å². The highest BCUT2D eigenvalue weighted by molar-refractivity contribution is 5.91. The molecule has 0 bridgehead atoms. The molecule has 5 nitrogen and oxygen atoms in total. The molecule has 3 rings (SSSR count). The summed E-state index contributed by atoms with van der Waals surface area (Å²) < 4.78 is 5.16. The van der Waals surface area contributed by atoms with Gasteiger partial charge in [0.1, 0.15) is 0 Å². The van der Waals surface area contributed by atoms with Crippen molar-refractivity contribution in [2.75, 3.05) is 13.1 Å². The SMILES string of the molecule is O=C(NC1CCCCCC1)C1CCN(C(=O)c2ccco2)CC1. The predicted octanol–water partition coefficient (Wildman–Crippen LogP) is 2.97. The van der Waals surface area contributed by atoms with Crippen LogP contribution >= 0.6 is 0 Å². The summed E-state index contributed by atoms with van der Waals surface area (Å²) in [7, 11) is 0. The maximum atomic E-state index is 12.5. The number of rotatable bonds is 3. The van der Waals surface area contributed by atoms with Crippen molar-refractivity contribution >= 4 is 11.8 Å². The predicted molar refractivity (Wildman–Crippen MR) is 87.0 cm³/mol. The first-order valence-corrected chi connectivity index (χ1v) is 8.87. The molecule has 0 radical (unpaired) electrons. The first kappa shape index (κ1) is 16.1. The third-order valence-corrected chi connectivity index (χ3v) is 5.09. The number of piperidine rings is 1. The number of hydrogen-bond donors (Lipinski definition) is 1. The third kappa shape index (κ3) is 4.15. The van der Waals surface area contributed by atoms with Crippen molar-refractivity contribution in [2.24, 2.45) is 5.92 Å². The molecule has 1 aromatic rings. The van der Waals surface area contributed by atoms with Crippen molar-refractivity contribution in [3.05, 3.63) is 24.2 Å². The van der Waals surface area contributed by atoms with Crippen LogP contribution in [0.5, 0.6) is 0 Å². The van der Waals surface area contributed by atoms with E-state index in [0.717, 1.165) is 25.7 Å². The molecule has 2 fully saturated rings. The number of carbonyl (C=O) groups is 2. The zero-order valence-electron chi connectivity index (χ0n) is 13.6. The lowest BCUT2D eigenvalue weighted by atomic mass is 9.95. The largest absolute Gasteiger partial charge is 0.459 e. The quantitative estimate of drug-likeness (QED) is 0.872. The van der Waals surface area contributed by atoms with Gasteiger partial charge in [0.05, 0.1) is 6.26 Å². The van der Waals surface area contributed by atoms with Crippen LogP contribution in [0.2, 0.25) is 0 Å². The summed E-state index contributed by atoms with van der Waals surface area (Å²) in [6, 6.07) is 3.76. The Morgan fingerprint density at radius 3 is 2.35 bits per heavy atom. The van der Waals surface area contributed by atoms with E-state index in [-0.39, 0.29) is 17.7 Å². The zero-order valence-corrected chi connectivity index (χ0v) is 13.6. The van der Waals surface area contributed by atoms with Crippen LogP contribution in [0.4, 0.5) is 0 Å². The minimum absolute atomic E-state index is 0.0407. The Bertz CT molecular complexity index is 510. The van der Waals surface area contributed by atoms with Gasteiger partial charge >= 0.3 is 0 Å². The van der Waals surface area contributed by atoms with E-state index in [0.29, 0.717) is 24.9 Å². The standard InChI is InChI=1S/C18H26N2O3/c21-17(19-15-6-3-1-2-4-7-15)14-9-11-20(12-10-14)18(22)16-8-5-13-23-16/h5,8,13-15H,1-4,6-7,9-12H2,(H,19,21). The van der Waals surface area contributed by atoms with Crippen LogP contribution in [-0.4, -0.2) is 35.8 Å². The van der Waals surface area contributed by atoms with Gasteiger partial charge in [-0.25, -0.2) is 0 Å². The number of likely N-dealkylation sites (tertiary alicyclic amines) is 1. The highest BCUT2D eigenvalue weighted by Crippen LogP contribution is 2.22. The first-order valence-electron chi connectivity index (χ1n) is 8.87. The molecule has 2 aliphatic rings. The van der Waals surface area contributed by atoms with Crippen LogP contribution in [-0.2, 0) is 4.79 Å². The van der Waals surface area contributed by atoms with Gasteiger partial charge in [-0.3, -0.25) is 9.59 Å². The van der Waals surface area contributed by atoms with Crippen molar-refractivity contribution in [1.29, 1.82) is 0 Å². The molecule has 1 saturated carbocycles. The van der Waals surface area contributed by atoms with E-state index in [1.54, 1.807) is 17.0 Å². The van der Waals surface area contributed by atoms with Crippen LogP contribution in [0.3, 0.4) is 0 Å². The van der Waals surface area contributed by atoms with Crippen LogP contribution in [0.15, 0.2) is 22.8 Å². The second-order valence-electron chi connectivity index (χ2n) is 6.74. The molecule has 1 aliphatic heterocycles. The maximum absolute atomic E-state index is 12.5. The Balaban J connectivity index is 1.46. The third-order valence-electron chi connectivity index (χ3n) is 5.09. The van der Waals surface area contributed by atoms with Crippen LogP contribution < -0.4 is 5.32 Å². The highest BCUT2D eigenvalue weighted by Gasteiger charge is 2.29. The van der Waals surface area contributed by atoms with Crippen LogP contribution in [0, 0.1) is 5.92 Å². The Morgan fingerprint density at radius 1 is 1.04 bits per heavy atom. The molecule has 2 heterocycles. The summed E-state index contributed by atoms with van der Waals surface area (Å²) in [6.07, 6.45) is 10.3. The molecule has 1 aliphatic carbocycles. The van der Waals surface area contributed by atoms with E-state index in [2.05, 4.69) is 5.32 Å². The molecule has 1 saturated heterocycles. The molecular formula is C18H26N2O3. The highest BCUT2D eigenvalue weighted by atomic mass is 16.3. The fourth-order valence-electron chi connectivity index (χ4n) is 3.64. The normalized spacial score (nSPS) is 21.0. The minimum Gasteiger partial charge on any atom is -0.459 e. The van der Waals surface area contributed by atoms with E-state index < -0.39 is 0 Å². The van der Waals surface area contributed by atoms with Gasteiger partial charge in [0.2, 0.25) is 5.91 Å². The van der Waals surface area contributed by atoms with Crippen molar-refractivity contribution in [3.63, 3.8) is 0 Å². The lowest BCUT2D eigenvalue weighted by molar-refractivity contribution is -0.127. The lowest BCUT2D eigenvalue weighted by Gasteiger charge is -2.31. The molecule has 5 heteroatoms. The Labute approximate surface area is 137 Å². The van der Waals surface area contributed by atoms with Crippen LogP contribution in [0.1, 0.15) is 61.9 Å². The number of carbonyl (C=O) groups excluding carboxylic acids is 2. The van der Waals surface area contributed by atoms with Gasteiger partial charge in [0, 0.05) is 25.0 Å². The monoisotopic (exact) mass is 318 g/mol. The molecule has 0 atom stereocenters. The summed E-state index contributed by atoms with van der Waals surface area (Å²) in [5, 5.41) is 3.24. The van der Waals surface area contributed by atoms with Gasteiger partial charge in [-0.2, -0.15) is 0 Å². The summed E-state index contributed by atoms with van der Waals surface area (Å²) in [4.78, 5) is 26.5. The molecule has 0 unspecified atom stereocenters. The Morgan fingerprint density at radius 2 is 1.74 bits per heavy atom. The summed E-state index contributed by atoms with van der Waals surface area (Å²) in [5.74, 6) is 0.532. The van der Waals surface area contributed by atoms with Crippen molar-refractivity contribution in [1.82, 2.24) is 10.2 Å². The molecule has 1 aromatic heterocycles. The lowest BCUT2D eigenvalue weighted by Crippen LogP contribution is -2.45. The van der Waals surface area contributed by atoms with Gasteiger partial charge in [-0.15, -0.1) is 0 Å². The minimum atomic E-state index is -0.0716. The van der Waals surface area contributed by atoms with Gasteiger partial charge in [-0.1, -0.05) is 25.7 Å². The zero-order chi connectivity index (χ0) is 16.1. The fraction of sp³-hybridized carbons (Fsp3) is 0.667. The summed E-state index contributed by atoms with van der Waals surface area (Å²) in [5.41, 5.74) is 0. The van der Waals surface area contributed by atoms with Crippen LogP contribution in [0.25, 0.3) is 0 Å². The van der Waals surface area contributed by atoms with E-state index in [4.69, 9.17) is 4.42 Å². The van der Waals surface area contributed by atoms with Gasteiger partial charge in [-0.05, 0) is 37.8 Å². The average Bonchev–Trinajstić information content (AvgIpc) is 3.00. The molecule has 2 amide bonds. The molecule has 0 spiro atoms. The molecule has 23 heavy (non-hydrogen) atoms. The van der Waals surface area contributed by atoms with E-state index >= 15 is 0 Å². The second-order valence-corrected chi connectivity index (χ2v) is 6.74. The van der Waals surface area contributed by atoms with E-state index in [9.17, 15) is 9.59 Å². The van der Waals surface area contributed by atoms with Crippen molar-refractivity contribution in [3.8, 4) is 0 Å². The molecule has 0 aromatic carbocycles. The average molecular weight is 318 g/mol. The van der Waals surface area contributed by atoms with Gasteiger partial charge < -0.3 is 14.6 Å². The van der Waals surface area contributed by atoms with Crippen molar-refractivity contribution in [2.45, 2.75) is 57.4 Å². The molecule has 1 N–H and O–H groups in total. The fourth-order valence-corrected chi connectivity index (χ4v) is 3.64. The number of hydrogen-bond acceptors (Lipinski definition) is 3. The van der Waals surface area contributed by atoms with Gasteiger partial charge in [0.15, 0.2) is 5.76 Å². The topological polar surface area (TPSA) is 62.6 Å². The number of amides is 2. The molecular weight excluding hydrogens is 292 g/mol. The summed E-state index contributed by atoms with van der Waals surface area (Å²) >= 11 is 0. The van der Waals surface area contributed by atoms with E-state index in [1.807, 2.05) is 0 Å². The number of nitrogens with zero attached hydrogens (tertiary/aromatic N) is 1. The number of furan rings is 1.